The van der Waals surface area contributed by atoms with E-state index in [2.05, 4.69) is 130 Å². The van der Waals surface area contributed by atoms with Crippen molar-refractivity contribution in [1.82, 2.24) is 30.0 Å². The van der Waals surface area contributed by atoms with Crippen LogP contribution in [0.15, 0.2) is 83.8 Å². The molecule has 0 unspecified atom stereocenters. The number of aryl methyl sites for hydroxylation is 2. The molecule has 3 aromatic carbocycles. The lowest BCUT2D eigenvalue weighted by atomic mass is 10.0. The molecule has 1 atom stereocenters. The van der Waals surface area contributed by atoms with E-state index in [9.17, 15) is 0 Å². The summed E-state index contributed by atoms with van der Waals surface area (Å²) in [5.74, 6) is 0.867. The van der Waals surface area contributed by atoms with Gasteiger partial charge in [0.2, 0.25) is 0 Å². The lowest BCUT2D eigenvalue weighted by Crippen LogP contribution is -2.48. The fourth-order valence-corrected chi connectivity index (χ4v) is 5.49. The first kappa shape index (κ1) is 25.4. The van der Waals surface area contributed by atoms with Crippen LogP contribution in [0.25, 0.3) is 11.8 Å². The van der Waals surface area contributed by atoms with Gasteiger partial charge in [-0.3, -0.25) is 9.80 Å². The van der Waals surface area contributed by atoms with Crippen LogP contribution in [0.4, 0.5) is 0 Å². The van der Waals surface area contributed by atoms with Crippen LogP contribution in [0.2, 0.25) is 0 Å². The summed E-state index contributed by atoms with van der Waals surface area (Å²) in [4.78, 5) is 6.30. The first-order chi connectivity index (χ1) is 18.1. The molecule has 0 amide bonds. The summed E-state index contributed by atoms with van der Waals surface area (Å²) in [6.07, 6.45) is 6.59. The molecule has 0 bridgehead atoms. The van der Waals surface area contributed by atoms with Crippen LogP contribution in [0, 0.1) is 13.8 Å². The van der Waals surface area contributed by atoms with E-state index in [1.807, 2.05) is 4.68 Å². The fourth-order valence-electron chi connectivity index (χ4n) is 5.08. The average Bonchev–Trinajstić information content (AvgIpc) is 3.39. The molecular weight excluding hydrogens is 476 g/mol. The molecule has 6 nitrogen and oxygen atoms in total. The highest BCUT2D eigenvalue weighted by atomic mass is 32.2. The summed E-state index contributed by atoms with van der Waals surface area (Å²) in [6.45, 7) is 9.11. The lowest BCUT2D eigenvalue weighted by molar-refractivity contribution is 0.113. The van der Waals surface area contributed by atoms with Crippen LogP contribution in [0.5, 0.6) is 0 Å². The van der Waals surface area contributed by atoms with Crippen LogP contribution >= 0.6 is 11.8 Å². The van der Waals surface area contributed by atoms with Crippen molar-refractivity contribution in [2.24, 2.45) is 0 Å². The van der Waals surface area contributed by atoms with E-state index in [4.69, 9.17) is 0 Å². The van der Waals surface area contributed by atoms with Gasteiger partial charge in [-0.2, -0.15) is 4.68 Å². The second-order valence-electron chi connectivity index (χ2n) is 9.51. The number of rotatable bonds is 8. The highest BCUT2D eigenvalue weighted by Gasteiger charge is 2.31. The van der Waals surface area contributed by atoms with Gasteiger partial charge in [0.25, 0.3) is 0 Å². The molecule has 2 heterocycles. The molecule has 5 rings (SSSR count). The topological polar surface area (TPSA) is 50.1 Å². The Morgan fingerprint density at radius 3 is 2.24 bits per heavy atom. The summed E-state index contributed by atoms with van der Waals surface area (Å²) >= 11 is 1.76. The molecule has 4 aromatic rings. The molecule has 190 valence electrons. The van der Waals surface area contributed by atoms with E-state index >= 15 is 0 Å². The summed E-state index contributed by atoms with van der Waals surface area (Å²) in [5, 5.41) is 13.2. The molecule has 1 aromatic heterocycles. The quantitative estimate of drug-likeness (QED) is 0.295. The van der Waals surface area contributed by atoms with Gasteiger partial charge in [0.1, 0.15) is 0 Å². The summed E-state index contributed by atoms with van der Waals surface area (Å²) < 4.78 is 1.95. The fraction of sp³-hybridized carbons (Fsp3) is 0.300. The minimum atomic E-state index is -0.0214. The van der Waals surface area contributed by atoms with E-state index in [0.717, 1.165) is 44.2 Å². The Bertz CT molecular complexity index is 1300. The number of piperazine rings is 1. The zero-order valence-corrected chi connectivity index (χ0v) is 22.6. The standard InChI is InChI=1S/C30H34N6S/c1-23-9-7-10-24(2)28(23)36-30(31-32-33-36)29(26-14-16-27(37-3)17-15-26)35-21-19-34(20-22-35)18-8-13-25-11-5-4-6-12-25/h4-17,29H,18-22H2,1-3H3/b13-8+/t29-/m1/s1. The van der Waals surface area contributed by atoms with E-state index in [1.165, 1.54) is 27.1 Å². The molecule has 1 fully saturated rings. The number of nitrogens with zero attached hydrogens (tertiary/aromatic N) is 6. The van der Waals surface area contributed by atoms with Gasteiger partial charge < -0.3 is 0 Å². The smallest absolute Gasteiger partial charge is 0.178 e. The normalized spacial score (nSPS) is 15.9. The third kappa shape index (κ3) is 5.85. The first-order valence-electron chi connectivity index (χ1n) is 12.8. The molecular formula is C30H34N6S. The molecule has 0 N–H and O–H groups in total. The third-order valence-corrected chi connectivity index (χ3v) is 7.81. The number of hydrogen-bond donors (Lipinski definition) is 0. The number of aromatic nitrogens is 4. The average molecular weight is 511 g/mol. The predicted octanol–water partition coefficient (Wildman–Crippen LogP) is 5.42. The van der Waals surface area contributed by atoms with Gasteiger partial charge >= 0.3 is 0 Å². The van der Waals surface area contributed by atoms with Gasteiger partial charge in [-0.1, -0.05) is 72.8 Å². The molecule has 0 spiro atoms. The van der Waals surface area contributed by atoms with Crippen molar-refractivity contribution in [3.8, 4) is 5.69 Å². The second-order valence-corrected chi connectivity index (χ2v) is 10.4. The zero-order valence-electron chi connectivity index (χ0n) is 21.8. The van der Waals surface area contributed by atoms with Gasteiger partial charge in [-0.05, 0) is 64.9 Å². The molecule has 37 heavy (non-hydrogen) atoms. The number of hydrogen-bond acceptors (Lipinski definition) is 6. The highest BCUT2D eigenvalue weighted by molar-refractivity contribution is 7.98. The van der Waals surface area contributed by atoms with Gasteiger partial charge in [-0.15, -0.1) is 16.9 Å². The molecule has 1 aliphatic rings. The predicted molar refractivity (Wildman–Crippen MR) is 152 cm³/mol. The molecule has 1 aliphatic heterocycles. The SMILES string of the molecule is CSc1ccc([C@H](c2nnnn2-c2c(C)cccc2C)N2CCN(C/C=C/c3ccccc3)CC2)cc1. The highest BCUT2D eigenvalue weighted by Crippen LogP contribution is 2.32. The first-order valence-corrected chi connectivity index (χ1v) is 14.0. The van der Waals surface area contributed by atoms with E-state index < -0.39 is 0 Å². The largest absolute Gasteiger partial charge is 0.297 e. The van der Waals surface area contributed by atoms with Gasteiger partial charge in [0.05, 0.1) is 11.7 Å². The molecule has 0 aliphatic carbocycles. The molecule has 1 saturated heterocycles. The number of tetrazole rings is 1. The van der Waals surface area contributed by atoms with Crippen LogP contribution in [-0.4, -0.2) is 69.0 Å². The van der Waals surface area contributed by atoms with Crippen molar-refractivity contribution >= 4 is 17.8 Å². The van der Waals surface area contributed by atoms with Crippen LogP contribution in [0.1, 0.15) is 34.1 Å². The Morgan fingerprint density at radius 2 is 1.57 bits per heavy atom. The van der Waals surface area contributed by atoms with Crippen LogP contribution < -0.4 is 0 Å². The van der Waals surface area contributed by atoms with Crippen LogP contribution in [0.3, 0.4) is 0 Å². The minimum Gasteiger partial charge on any atom is -0.297 e. The molecule has 0 radical (unpaired) electrons. The molecule has 0 saturated carbocycles. The van der Waals surface area contributed by atoms with E-state index in [-0.39, 0.29) is 6.04 Å². The Hall–Kier alpha value is -3.26. The molecule has 7 heteroatoms. The number of para-hydroxylation sites is 1. The van der Waals surface area contributed by atoms with Crippen molar-refractivity contribution in [2.75, 3.05) is 39.0 Å². The minimum absolute atomic E-state index is 0.0214. The summed E-state index contributed by atoms with van der Waals surface area (Å²) in [5.41, 5.74) is 5.86. The van der Waals surface area contributed by atoms with Gasteiger partial charge in [-0.25, -0.2) is 0 Å². The van der Waals surface area contributed by atoms with Crippen molar-refractivity contribution in [3.63, 3.8) is 0 Å². The van der Waals surface area contributed by atoms with Gasteiger partial charge in [0, 0.05) is 37.6 Å². The summed E-state index contributed by atoms with van der Waals surface area (Å²) in [6, 6.07) is 25.7. The van der Waals surface area contributed by atoms with Crippen molar-refractivity contribution < 1.29 is 0 Å². The van der Waals surface area contributed by atoms with Crippen molar-refractivity contribution in [3.05, 3.63) is 107 Å². The number of benzene rings is 3. The van der Waals surface area contributed by atoms with E-state index in [1.54, 1.807) is 11.8 Å². The summed E-state index contributed by atoms with van der Waals surface area (Å²) in [7, 11) is 0. The van der Waals surface area contributed by atoms with Gasteiger partial charge in [0.15, 0.2) is 5.82 Å². The van der Waals surface area contributed by atoms with Crippen LogP contribution in [-0.2, 0) is 0 Å². The lowest BCUT2D eigenvalue weighted by Gasteiger charge is -2.38. The van der Waals surface area contributed by atoms with E-state index in [0.29, 0.717) is 0 Å². The number of thioether (sulfide) groups is 1. The zero-order chi connectivity index (χ0) is 25.6. The third-order valence-electron chi connectivity index (χ3n) is 7.07. The second kappa shape index (κ2) is 11.9. The maximum atomic E-state index is 4.60. The monoisotopic (exact) mass is 510 g/mol. The maximum Gasteiger partial charge on any atom is 0.178 e. The van der Waals surface area contributed by atoms with Crippen molar-refractivity contribution in [1.29, 1.82) is 0 Å². The Morgan fingerprint density at radius 1 is 0.865 bits per heavy atom. The Balaban J connectivity index is 1.39. The van der Waals surface area contributed by atoms with Crippen molar-refractivity contribution in [2.45, 2.75) is 24.8 Å². The Labute approximate surface area is 224 Å². The maximum absolute atomic E-state index is 4.60. The Kier molecular flexibility index (Phi) is 8.14.